The van der Waals surface area contributed by atoms with Gasteiger partial charge >= 0.3 is 0 Å². The standard InChI is InChI=1S/C17H19FN2O2/c18-14-3-1-2-13(10-14)12-21-16-4-5-17(20-11-16)22-15-6-8-19-9-7-15/h1-5,10-11,15,19H,6-9,12H2. The highest BCUT2D eigenvalue weighted by atomic mass is 19.1. The maximum Gasteiger partial charge on any atom is 0.213 e. The van der Waals surface area contributed by atoms with Gasteiger partial charge in [0.1, 0.15) is 24.3 Å². The van der Waals surface area contributed by atoms with E-state index >= 15 is 0 Å². The average Bonchev–Trinajstić information content (AvgIpc) is 2.55. The van der Waals surface area contributed by atoms with Crippen molar-refractivity contribution in [3.05, 3.63) is 54.0 Å². The van der Waals surface area contributed by atoms with E-state index in [0.717, 1.165) is 31.5 Å². The Kier molecular flexibility index (Phi) is 4.85. The molecule has 5 heteroatoms. The summed E-state index contributed by atoms with van der Waals surface area (Å²) in [6, 6.07) is 10.00. The maximum absolute atomic E-state index is 13.1. The summed E-state index contributed by atoms with van der Waals surface area (Å²) >= 11 is 0. The monoisotopic (exact) mass is 302 g/mol. The van der Waals surface area contributed by atoms with Crippen LogP contribution in [0, 0.1) is 5.82 Å². The zero-order valence-corrected chi connectivity index (χ0v) is 12.3. The molecule has 0 bridgehead atoms. The number of nitrogens with zero attached hydrogens (tertiary/aromatic N) is 1. The third-order valence-corrected chi connectivity index (χ3v) is 3.58. The van der Waals surface area contributed by atoms with E-state index in [1.54, 1.807) is 12.3 Å². The molecule has 22 heavy (non-hydrogen) atoms. The number of hydrogen-bond acceptors (Lipinski definition) is 4. The van der Waals surface area contributed by atoms with E-state index in [9.17, 15) is 4.39 Å². The lowest BCUT2D eigenvalue weighted by molar-refractivity contribution is 0.155. The minimum Gasteiger partial charge on any atom is -0.487 e. The number of ether oxygens (including phenoxy) is 2. The molecule has 3 rings (SSSR count). The van der Waals surface area contributed by atoms with Gasteiger partial charge in [0.15, 0.2) is 0 Å². The van der Waals surface area contributed by atoms with Crippen LogP contribution >= 0.6 is 0 Å². The van der Waals surface area contributed by atoms with Crippen LogP contribution < -0.4 is 14.8 Å². The molecule has 2 aromatic rings. The smallest absolute Gasteiger partial charge is 0.213 e. The van der Waals surface area contributed by atoms with Crippen molar-refractivity contribution >= 4 is 0 Å². The highest BCUT2D eigenvalue weighted by Gasteiger charge is 2.14. The molecule has 4 nitrogen and oxygen atoms in total. The summed E-state index contributed by atoms with van der Waals surface area (Å²) in [6.07, 6.45) is 3.86. The third-order valence-electron chi connectivity index (χ3n) is 3.58. The van der Waals surface area contributed by atoms with E-state index in [1.165, 1.54) is 12.1 Å². The fourth-order valence-corrected chi connectivity index (χ4v) is 2.40. The number of rotatable bonds is 5. The molecule has 0 saturated carbocycles. The fourth-order valence-electron chi connectivity index (χ4n) is 2.40. The highest BCUT2D eigenvalue weighted by Crippen LogP contribution is 2.18. The van der Waals surface area contributed by atoms with Crippen molar-refractivity contribution in [1.82, 2.24) is 10.3 Å². The predicted molar refractivity (Wildman–Crippen MR) is 81.5 cm³/mol. The molecule has 0 radical (unpaired) electrons. The van der Waals surface area contributed by atoms with E-state index in [4.69, 9.17) is 9.47 Å². The molecule has 1 aromatic carbocycles. The Labute approximate surface area is 129 Å². The molecule has 2 heterocycles. The number of hydrogen-bond donors (Lipinski definition) is 1. The van der Waals surface area contributed by atoms with Crippen LogP contribution in [0.15, 0.2) is 42.6 Å². The molecular weight excluding hydrogens is 283 g/mol. The van der Waals surface area contributed by atoms with Gasteiger partial charge in [0.05, 0.1) is 6.20 Å². The summed E-state index contributed by atoms with van der Waals surface area (Å²) < 4.78 is 24.5. The minimum absolute atomic E-state index is 0.229. The van der Waals surface area contributed by atoms with E-state index in [0.29, 0.717) is 18.2 Å². The highest BCUT2D eigenvalue weighted by molar-refractivity contribution is 5.24. The van der Waals surface area contributed by atoms with Gasteiger partial charge in [0, 0.05) is 6.07 Å². The van der Waals surface area contributed by atoms with Crippen LogP contribution in [-0.2, 0) is 6.61 Å². The zero-order valence-electron chi connectivity index (χ0n) is 12.3. The van der Waals surface area contributed by atoms with E-state index in [-0.39, 0.29) is 11.9 Å². The van der Waals surface area contributed by atoms with Gasteiger partial charge in [-0.05, 0) is 49.7 Å². The van der Waals surface area contributed by atoms with Gasteiger partial charge in [-0.2, -0.15) is 0 Å². The number of pyridine rings is 1. The van der Waals surface area contributed by atoms with E-state index in [1.807, 2.05) is 18.2 Å². The molecule has 0 spiro atoms. The van der Waals surface area contributed by atoms with Gasteiger partial charge in [0.25, 0.3) is 0 Å². The molecule has 116 valence electrons. The molecule has 1 N–H and O–H groups in total. The molecule has 1 aliphatic rings. The van der Waals surface area contributed by atoms with Crippen LogP contribution in [0.5, 0.6) is 11.6 Å². The van der Waals surface area contributed by atoms with Gasteiger partial charge in [-0.25, -0.2) is 9.37 Å². The van der Waals surface area contributed by atoms with Gasteiger partial charge in [-0.15, -0.1) is 0 Å². The second kappa shape index (κ2) is 7.22. The molecule has 1 aromatic heterocycles. The number of piperidine rings is 1. The Morgan fingerprint density at radius 3 is 2.77 bits per heavy atom. The Balaban J connectivity index is 1.52. The minimum atomic E-state index is -0.259. The number of benzene rings is 1. The zero-order chi connectivity index (χ0) is 15.2. The first kappa shape index (κ1) is 14.8. The summed E-state index contributed by atoms with van der Waals surface area (Å²) in [5.41, 5.74) is 0.787. The largest absolute Gasteiger partial charge is 0.487 e. The predicted octanol–water partition coefficient (Wildman–Crippen LogP) is 2.93. The number of halogens is 1. The van der Waals surface area contributed by atoms with Crippen molar-refractivity contribution in [2.24, 2.45) is 0 Å². The van der Waals surface area contributed by atoms with E-state index in [2.05, 4.69) is 10.3 Å². The number of nitrogens with one attached hydrogen (secondary N) is 1. The molecule has 1 fully saturated rings. The van der Waals surface area contributed by atoms with Crippen molar-refractivity contribution in [1.29, 1.82) is 0 Å². The molecular formula is C17H19FN2O2. The lowest BCUT2D eigenvalue weighted by Gasteiger charge is -2.23. The summed E-state index contributed by atoms with van der Waals surface area (Å²) in [4.78, 5) is 4.26. The number of aromatic nitrogens is 1. The van der Waals surface area contributed by atoms with Gasteiger partial charge < -0.3 is 14.8 Å². The normalized spacial score (nSPS) is 15.5. The first-order chi connectivity index (χ1) is 10.8. The van der Waals surface area contributed by atoms with Crippen molar-refractivity contribution in [3.63, 3.8) is 0 Å². The van der Waals surface area contributed by atoms with E-state index < -0.39 is 0 Å². The first-order valence-electron chi connectivity index (χ1n) is 7.50. The van der Waals surface area contributed by atoms with Crippen molar-refractivity contribution < 1.29 is 13.9 Å². The molecule has 1 saturated heterocycles. The molecule has 1 aliphatic heterocycles. The van der Waals surface area contributed by atoms with Gasteiger partial charge in [-0.1, -0.05) is 12.1 Å². The quantitative estimate of drug-likeness (QED) is 0.922. The summed E-state index contributed by atoms with van der Waals surface area (Å²) in [5, 5.41) is 3.30. The second-order valence-electron chi connectivity index (χ2n) is 5.32. The Morgan fingerprint density at radius 1 is 1.18 bits per heavy atom. The molecule has 0 aliphatic carbocycles. The second-order valence-corrected chi connectivity index (χ2v) is 5.32. The van der Waals surface area contributed by atoms with Crippen molar-refractivity contribution in [2.75, 3.05) is 13.1 Å². The third kappa shape index (κ3) is 4.18. The van der Waals surface area contributed by atoms with Crippen LogP contribution in [0.3, 0.4) is 0 Å². The Morgan fingerprint density at radius 2 is 2.05 bits per heavy atom. The van der Waals surface area contributed by atoms with Crippen molar-refractivity contribution in [3.8, 4) is 11.6 Å². The topological polar surface area (TPSA) is 43.4 Å². The van der Waals surface area contributed by atoms with Gasteiger partial charge in [-0.3, -0.25) is 0 Å². The van der Waals surface area contributed by atoms with Crippen LogP contribution in [0.1, 0.15) is 18.4 Å². The fraction of sp³-hybridized carbons (Fsp3) is 0.353. The van der Waals surface area contributed by atoms with Crippen LogP contribution in [-0.4, -0.2) is 24.2 Å². The maximum atomic E-state index is 13.1. The SMILES string of the molecule is Fc1cccc(COc2ccc(OC3CCNCC3)nc2)c1. The summed E-state index contributed by atoms with van der Waals surface area (Å²) in [7, 11) is 0. The first-order valence-corrected chi connectivity index (χ1v) is 7.50. The molecule has 0 atom stereocenters. The van der Waals surface area contributed by atoms with Crippen molar-refractivity contribution in [2.45, 2.75) is 25.6 Å². The van der Waals surface area contributed by atoms with Crippen LogP contribution in [0.2, 0.25) is 0 Å². The van der Waals surface area contributed by atoms with Crippen LogP contribution in [0.25, 0.3) is 0 Å². The summed E-state index contributed by atoms with van der Waals surface area (Å²) in [6.45, 7) is 2.28. The Hall–Kier alpha value is -2.14. The average molecular weight is 302 g/mol. The lowest BCUT2D eigenvalue weighted by Crippen LogP contribution is -2.34. The lowest BCUT2D eigenvalue weighted by atomic mass is 10.1. The van der Waals surface area contributed by atoms with Crippen LogP contribution in [0.4, 0.5) is 4.39 Å². The molecule has 0 amide bonds. The Bertz CT molecular complexity index is 598. The summed E-state index contributed by atoms with van der Waals surface area (Å²) in [5.74, 6) is 0.997. The van der Waals surface area contributed by atoms with Gasteiger partial charge in [0.2, 0.25) is 5.88 Å². The molecule has 0 unspecified atom stereocenters.